The first-order valence-electron chi connectivity index (χ1n) is 9.17. The Morgan fingerprint density at radius 1 is 1.31 bits per heavy atom. The number of benzene rings is 1. The zero-order valence-corrected chi connectivity index (χ0v) is 17.2. The number of halogens is 3. The van der Waals surface area contributed by atoms with Gasteiger partial charge >= 0.3 is 6.18 Å². The van der Waals surface area contributed by atoms with E-state index in [1.807, 2.05) is 0 Å². The Bertz CT molecular complexity index is 1060. The molecular weight excluding hydrogens is 419 g/mol. The van der Waals surface area contributed by atoms with Gasteiger partial charge in [-0.25, -0.2) is 9.97 Å². The molecule has 1 aliphatic rings. The Labute approximate surface area is 173 Å². The molecule has 1 aliphatic carbocycles. The zero-order valence-electron chi connectivity index (χ0n) is 15.5. The molecule has 0 aliphatic heterocycles. The van der Waals surface area contributed by atoms with Crippen LogP contribution in [-0.4, -0.2) is 21.6 Å². The number of amides is 1. The van der Waals surface area contributed by atoms with E-state index in [2.05, 4.69) is 22.2 Å². The molecule has 1 amide bonds. The highest BCUT2D eigenvalue weighted by Gasteiger charge is 2.33. The van der Waals surface area contributed by atoms with Gasteiger partial charge in [0.2, 0.25) is 5.91 Å². The Morgan fingerprint density at radius 2 is 2.10 bits per heavy atom. The van der Waals surface area contributed by atoms with Crippen molar-refractivity contribution in [1.29, 1.82) is 0 Å². The number of para-hydroxylation sites is 1. The van der Waals surface area contributed by atoms with E-state index in [0.717, 1.165) is 35.5 Å². The Balaban J connectivity index is 1.52. The standard InChI is InChI=1S/C20H18F3N3OS2/c1-11-6-7-12-15(8-11)29-19-17(12)18(24-10-25-19)28-9-16(27)26-14-5-3-2-4-13(14)20(21,22)23/h2-5,10-11H,6-9H2,1H3,(H,26,27)/t11-/m0/s1. The van der Waals surface area contributed by atoms with Gasteiger partial charge in [-0.1, -0.05) is 30.8 Å². The highest BCUT2D eigenvalue weighted by molar-refractivity contribution is 8.00. The van der Waals surface area contributed by atoms with Crippen molar-refractivity contribution in [2.45, 2.75) is 37.4 Å². The molecule has 0 unspecified atom stereocenters. The number of carbonyl (C=O) groups is 1. The first-order chi connectivity index (χ1) is 13.8. The minimum absolute atomic E-state index is 0.0284. The van der Waals surface area contributed by atoms with Gasteiger partial charge in [0, 0.05) is 10.3 Å². The van der Waals surface area contributed by atoms with Crippen LogP contribution in [0.1, 0.15) is 29.3 Å². The lowest BCUT2D eigenvalue weighted by Crippen LogP contribution is -2.18. The van der Waals surface area contributed by atoms with Gasteiger partial charge in [0.25, 0.3) is 0 Å². The van der Waals surface area contributed by atoms with Crippen molar-refractivity contribution in [2.24, 2.45) is 5.92 Å². The van der Waals surface area contributed by atoms with Gasteiger partial charge in [0.1, 0.15) is 16.2 Å². The molecule has 4 nitrogen and oxygen atoms in total. The third-order valence-electron chi connectivity index (χ3n) is 4.90. The maximum Gasteiger partial charge on any atom is 0.418 e. The van der Waals surface area contributed by atoms with Crippen LogP contribution < -0.4 is 5.32 Å². The number of nitrogens with zero attached hydrogens (tertiary/aromatic N) is 2. The van der Waals surface area contributed by atoms with Crippen molar-refractivity contribution in [1.82, 2.24) is 9.97 Å². The quantitative estimate of drug-likeness (QED) is 0.429. The molecule has 2 aromatic heterocycles. The molecular formula is C20H18F3N3OS2. The second-order valence-electron chi connectivity index (χ2n) is 7.09. The SMILES string of the molecule is C[C@H]1CCc2c(sc3ncnc(SCC(=O)Nc4ccccc4C(F)(F)F)c23)C1. The summed E-state index contributed by atoms with van der Waals surface area (Å²) < 4.78 is 39.3. The molecule has 0 radical (unpaired) electrons. The molecule has 0 saturated heterocycles. The topological polar surface area (TPSA) is 54.9 Å². The van der Waals surface area contributed by atoms with Gasteiger partial charge in [0.05, 0.1) is 17.0 Å². The van der Waals surface area contributed by atoms with E-state index in [9.17, 15) is 18.0 Å². The van der Waals surface area contributed by atoms with Crippen LogP contribution in [0.5, 0.6) is 0 Å². The maximum absolute atomic E-state index is 13.1. The Kier molecular flexibility index (Phi) is 5.52. The largest absolute Gasteiger partial charge is 0.418 e. The summed E-state index contributed by atoms with van der Waals surface area (Å²) in [5, 5.41) is 4.08. The number of aromatic nitrogens is 2. The van der Waals surface area contributed by atoms with E-state index in [1.54, 1.807) is 11.3 Å². The Hall–Kier alpha value is -2.13. The second-order valence-corrected chi connectivity index (χ2v) is 9.14. The molecule has 0 bridgehead atoms. The molecule has 0 fully saturated rings. The molecule has 29 heavy (non-hydrogen) atoms. The number of hydrogen-bond donors (Lipinski definition) is 1. The molecule has 152 valence electrons. The summed E-state index contributed by atoms with van der Waals surface area (Å²) in [6.45, 7) is 2.23. The fourth-order valence-corrected chi connectivity index (χ4v) is 5.76. The lowest BCUT2D eigenvalue weighted by atomic mass is 9.89. The summed E-state index contributed by atoms with van der Waals surface area (Å²) in [4.78, 5) is 23.3. The number of anilines is 1. The van der Waals surface area contributed by atoms with Gasteiger partial charge in [-0.2, -0.15) is 13.2 Å². The molecule has 1 N–H and O–H groups in total. The maximum atomic E-state index is 13.1. The number of fused-ring (bicyclic) bond motifs is 3. The van der Waals surface area contributed by atoms with Crippen LogP contribution in [0.2, 0.25) is 0 Å². The highest BCUT2D eigenvalue weighted by atomic mass is 32.2. The molecule has 0 spiro atoms. The summed E-state index contributed by atoms with van der Waals surface area (Å²) >= 11 is 2.90. The van der Waals surface area contributed by atoms with E-state index < -0.39 is 17.6 Å². The van der Waals surface area contributed by atoms with Gasteiger partial charge in [-0.3, -0.25) is 4.79 Å². The number of alkyl halides is 3. The predicted molar refractivity (Wildman–Crippen MR) is 109 cm³/mol. The van der Waals surface area contributed by atoms with Crippen molar-refractivity contribution in [2.75, 3.05) is 11.1 Å². The minimum atomic E-state index is -4.53. The van der Waals surface area contributed by atoms with E-state index >= 15 is 0 Å². The highest BCUT2D eigenvalue weighted by Crippen LogP contribution is 2.40. The normalized spacial score (nSPS) is 16.6. The van der Waals surface area contributed by atoms with Gasteiger partial charge in [0.15, 0.2) is 0 Å². The van der Waals surface area contributed by atoms with Crippen LogP contribution in [-0.2, 0) is 23.8 Å². The average molecular weight is 438 g/mol. The number of thioether (sulfide) groups is 1. The molecule has 0 saturated carbocycles. The van der Waals surface area contributed by atoms with E-state index in [4.69, 9.17) is 0 Å². The second kappa shape index (κ2) is 7.95. The van der Waals surface area contributed by atoms with Crippen LogP contribution in [0, 0.1) is 5.92 Å². The number of carbonyl (C=O) groups excluding carboxylic acids is 1. The van der Waals surface area contributed by atoms with Gasteiger partial charge in [-0.05, 0) is 42.9 Å². The summed E-state index contributed by atoms with van der Waals surface area (Å²) in [5.41, 5.74) is 0.165. The number of rotatable bonds is 4. The molecule has 9 heteroatoms. The lowest BCUT2D eigenvalue weighted by molar-refractivity contribution is -0.137. The van der Waals surface area contributed by atoms with E-state index in [0.29, 0.717) is 10.9 Å². The van der Waals surface area contributed by atoms with Crippen LogP contribution in [0.3, 0.4) is 0 Å². The first kappa shape index (κ1) is 20.2. The van der Waals surface area contributed by atoms with Crippen molar-refractivity contribution < 1.29 is 18.0 Å². The molecule has 1 aromatic carbocycles. The van der Waals surface area contributed by atoms with E-state index in [1.165, 1.54) is 46.7 Å². The predicted octanol–water partition coefficient (Wildman–Crippen LogP) is 5.57. The number of nitrogens with one attached hydrogen (secondary N) is 1. The Morgan fingerprint density at radius 3 is 2.90 bits per heavy atom. The molecule has 3 aromatic rings. The smallest absolute Gasteiger partial charge is 0.325 e. The number of thiophene rings is 1. The van der Waals surface area contributed by atoms with Crippen LogP contribution in [0.4, 0.5) is 18.9 Å². The number of aryl methyl sites for hydroxylation is 1. The molecule has 1 atom stereocenters. The summed E-state index contributed by atoms with van der Waals surface area (Å²) in [6, 6.07) is 4.97. The average Bonchev–Trinajstić information content (AvgIpc) is 3.04. The monoisotopic (exact) mass is 437 g/mol. The van der Waals surface area contributed by atoms with Crippen molar-refractivity contribution in [3.63, 3.8) is 0 Å². The number of hydrogen-bond acceptors (Lipinski definition) is 5. The van der Waals surface area contributed by atoms with Crippen LogP contribution >= 0.6 is 23.1 Å². The first-order valence-corrected chi connectivity index (χ1v) is 11.0. The molecule has 2 heterocycles. The summed E-state index contributed by atoms with van der Waals surface area (Å²) in [7, 11) is 0. The van der Waals surface area contributed by atoms with Crippen molar-refractivity contribution in [3.05, 3.63) is 46.6 Å². The minimum Gasteiger partial charge on any atom is -0.325 e. The fourth-order valence-electron chi connectivity index (χ4n) is 3.52. The van der Waals surface area contributed by atoms with Gasteiger partial charge < -0.3 is 5.32 Å². The van der Waals surface area contributed by atoms with E-state index in [-0.39, 0.29) is 11.4 Å². The van der Waals surface area contributed by atoms with Crippen LogP contribution in [0.15, 0.2) is 35.6 Å². The summed E-state index contributed by atoms with van der Waals surface area (Å²) in [6.07, 6.45) is 0.0416. The van der Waals surface area contributed by atoms with Crippen molar-refractivity contribution in [3.8, 4) is 0 Å². The fraction of sp³-hybridized carbons (Fsp3) is 0.350. The third kappa shape index (κ3) is 4.25. The lowest BCUT2D eigenvalue weighted by Gasteiger charge is -2.18. The summed E-state index contributed by atoms with van der Waals surface area (Å²) in [5.74, 6) is 0.106. The van der Waals surface area contributed by atoms with Crippen molar-refractivity contribution >= 4 is 44.9 Å². The zero-order chi connectivity index (χ0) is 20.6. The van der Waals surface area contributed by atoms with Gasteiger partial charge in [-0.15, -0.1) is 11.3 Å². The van der Waals surface area contributed by atoms with Crippen LogP contribution in [0.25, 0.3) is 10.2 Å². The third-order valence-corrected chi connectivity index (χ3v) is 7.06. The molecule has 4 rings (SSSR count).